The molecule has 0 nitrogen and oxygen atoms in total. The van der Waals surface area contributed by atoms with Gasteiger partial charge in [0.1, 0.15) is 0 Å². The van der Waals surface area contributed by atoms with Crippen LogP contribution in [-0.4, -0.2) is 0 Å². The van der Waals surface area contributed by atoms with Crippen molar-refractivity contribution in [3.8, 4) is 0 Å². The summed E-state index contributed by atoms with van der Waals surface area (Å²) in [6.45, 7) is 4.46. The summed E-state index contributed by atoms with van der Waals surface area (Å²) >= 11 is 0. The smallest absolute Gasteiger partial charge is 1.00 e. The van der Waals surface area contributed by atoms with Gasteiger partial charge in [0, 0.05) is 0 Å². The van der Waals surface area contributed by atoms with E-state index in [1.54, 1.807) is 0 Å². The molecule has 63 valence electrons. The first kappa shape index (κ1) is 29.9. The Morgan fingerprint density at radius 2 is 0.900 bits per heavy atom. The van der Waals surface area contributed by atoms with Crippen LogP contribution in [0.2, 0.25) is 0 Å². The molecule has 0 fully saturated rings. The first-order valence-electron chi connectivity index (χ1n) is 2.91. The van der Waals surface area contributed by atoms with Gasteiger partial charge in [0.25, 0.3) is 0 Å². The standard InChI is InChI=1S/C6H14.3ClH.Ti/c1-3-5-6-4-2;;;;/h3-6H2,1-2H3;3*1H;/q;;;;+3/p-3. The van der Waals surface area contributed by atoms with E-state index in [1.807, 2.05) is 0 Å². The molecule has 0 aliphatic rings. The van der Waals surface area contributed by atoms with Crippen LogP contribution in [0.15, 0.2) is 0 Å². The molecule has 0 N–H and O–H groups in total. The van der Waals surface area contributed by atoms with Crippen molar-refractivity contribution in [2.45, 2.75) is 39.5 Å². The first-order valence-corrected chi connectivity index (χ1v) is 2.91. The Bertz CT molecular complexity index is 25.0. The molecule has 10 heavy (non-hydrogen) atoms. The zero-order valence-corrected chi connectivity index (χ0v) is 10.3. The molecule has 0 aliphatic carbocycles. The fourth-order valence-corrected chi connectivity index (χ4v) is 0.500. The van der Waals surface area contributed by atoms with E-state index < -0.39 is 0 Å². The summed E-state index contributed by atoms with van der Waals surface area (Å²) in [6, 6.07) is 0. The minimum Gasteiger partial charge on any atom is -1.00 e. The summed E-state index contributed by atoms with van der Waals surface area (Å²) in [5.41, 5.74) is 0. The van der Waals surface area contributed by atoms with Crippen LogP contribution in [0.4, 0.5) is 0 Å². The van der Waals surface area contributed by atoms with Gasteiger partial charge in [-0.25, -0.2) is 0 Å². The van der Waals surface area contributed by atoms with Gasteiger partial charge in [-0.2, -0.15) is 0 Å². The maximum Gasteiger partial charge on any atom is 3.00 e. The molecule has 0 heterocycles. The van der Waals surface area contributed by atoms with Crippen molar-refractivity contribution in [1.29, 1.82) is 0 Å². The van der Waals surface area contributed by atoms with Gasteiger partial charge in [-0.05, 0) is 0 Å². The Balaban J connectivity index is -0.0000000208. The normalized spacial score (nSPS) is 5.40. The molecule has 1 radical (unpaired) electrons. The molecule has 0 amide bonds. The fraction of sp³-hybridized carbons (Fsp3) is 1.00. The number of hydrogen-bond acceptors (Lipinski definition) is 0. The Hall–Kier alpha value is 1.58. The molecule has 0 aromatic heterocycles. The summed E-state index contributed by atoms with van der Waals surface area (Å²) in [4.78, 5) is 0. The van der Waals surface area contributed by atoms with E-state index in [9.17, 15) is 0 Å². The van der Waals surface area contributed by atoms with Crippen LogP contribution in [0.1, 0.15) is 39.5 Å². The van der Waals surface area contributed by atoms with E-state index in [2.05, 4.69) is 13.8 Å². The molecule has 0 bridgehead atoms. The second-order valence-corrected chi connectivity index (χ2v) is 1.71. The second kappa shape index (κ2) is 31.2. The molecule has 0 atom stereocenters. The van der Waals surface area contributed by atoms with Crippen LogP contribution < -0.4 is 37.2 Å². The quantitative estimate of drug-likeness (QED) is 0.340. The number of rotatable bonds is 3. The van der Waals surface area contributed by atoms with E-state index in [1.165, 1.54) is 25.7 Å². The van der Waals surface area contributed by atoms with E-state index in [0.717, 1.165) is 0 Å². The van der Waals surface area contributed by atoms with Crippen molar-refractivity contribution >= 4 is 0 Å². The van der Waals surface area contributed by atoms with Crippen molar-refractivity contribution in [3.05, 3.63) is 0 Å². The Morgan fingerprint density at radius 1 is 0.700 bits per heavy atom. The van der Waals surface area contributed by atoms with Crippen LogP contribution in [0.5, 0.6) is 0 Å². The fourth-order valence-electron chi connectivity index (χ4n) is 0.500. The van der Waals surface area contributed by atoms with Crippen LogP contribution in [-0.2, 0) is 21.7 Å². The molecule has 0 spiro atoms. The van der Waals surface area contributed by atoms with Crippen LogP contribution in [0.25, 0.3) is 0 Å². The molecular formula is C6H14Cl3Ti. The molecule has 0 saturated carbocycles. The molecular weight excluding hydrogens is 226 g/mol. The third-order valence-corrected chi connectivity index (χ3v) is 0.957. The first-order chi connectivity index (χ1) is 2.91. The van der Waals surface area contributed by atoms with Gasteiger partial charge in [-0.1, -0.05) is 39.5 Å². The monoisotopic (exact) mass is 239 g/mol. The van der Waals surface area contributed by atoms with Gasteiger partial charge >= 0.3 is 21.7 Å². The van der Waals surface area contributed by atoms with Crippen molar-refractivity contribution in [2.75, 3.05) is 0 Å². The predicted octanol–water partition coefficient (Wildman–Crippen LogP) is -6.40. The van der Waals surface area contributed by atoms with Gasteiger partial charge in [-0.15, -0.1) is 0 Å². The van der Waals surface area contributed by atoms with Gasteiger partial charge in [-0.3, -0.25) is 0 Å². The summed E-state index contributed by atoms with van der Waals surface area (Å²) < 4.78 is 0. The number of unbranched alkanes of at least 4 members (excludes halogenated alkanes) is 3. The minimum absolute atomic E-state index is 0. The number of hydrogen-bond donors (Lipinski definition) is 0. The van der Waals surface area contributed by atoms with Crippen LogP contribution >= 0.6 is 0 Å². The molecule has 0 unspecified atom stereocenters. The van der Waals surface area contributed by atoms with Crippen LogP contribution in [0, 0.1) is 0 Å². The Morgan fingerprint density at radius 3 is 1.00 bits per heavy atom. The van der Waals surface area contributed by atoms with Gasteiger partial charge in [0.2, 0.25) is 0 Å². The largest absolute Gasteiger partial charge is 3.00 e. The van der Waals surface area contributed by atoms with E-state index in [4.69, 9.17) is 0 Å². The molecule has 0 aromatic carbocycles. The van der Waals surface area contributed by atoms with E-state index in [-0.39, 0.29) is 58.9 Å². The van der Waals surface area contributed by atoms with Gasteiger partial charge in [0.15, 0.2) is 0 Å². The zero-order valence-electron chi connectivity index (χ0n) is 6.46. The third-order valence-electron chi connectivity index (χ3n) is 0.957. The molecule has 0 rings (SSSR count). The Kier molecular flexibility index (Phi) is 93.3. The van der Waals surface area contributed by atoms with Crippen molar-refractivity contribution in [2.24, 2.45) is 0 Å². The van der Waals surface area contributed by atoms with Gasteiger partial charge in [0.05, 0.1) is 0 Å². The summed E-state index contributed by atoms with van der Waals surface area (Å²) in [6.07, 6.45) is 5.54. The van der Waals surface area contributed by atoms with Crippen molar-refractivity contribution in [1.82, 2.24) is 0 Å². The summed E-state index contributed by atoms with van der Waals surface area (Å²) in [5.74, 6) is 0. The van der Waals surface area contributed by atoms with Crippen molar-refractivity contribution in [3.63, 3.8) is 0 Å². The predicted molar refractivity (Wildman–Crippen MR) is 29.8 cm³/mol. The topological polar surface area (TPSA) is 0 Å². The molecule has 4 heteroatoms. The maximum atomic E-state index is 2.23. The SMILES string of the molecule is CCCCCC.[Cl-].[Cl-].[Cl-].[Ti+3]. The summed E-state index contributed by atoms with van der Waals surface area (Å²) in [7, 11) is 0. The molecule has 0 aliphatic heterocycles. The number of halogens is 3. The molecule has 0 aromatic rings. The third kappa shape index (κ3) is 33.6. The second-order valence-electron chi connectivity index (χ2n) is 1.71. The van der Waals surface area contributed by atoms with Crippen molar-refractivity contribution < 1.29 is 58.9 Å². The average molecular weight is 240 g/mol. The minimum atomic E-state index is 0. The van der Waals surface area contributed by atoms with Crippen LogP contribution in [0.3, 0.4) is 0 Å². The average Bonchev–Trinajstić information content (AvgIpc) is 1.61. The van der Waals surface area contributed by atoms with E-state index >= 15 is 0 Å². The molecule has 0 saturated heterocycles. The van der Waals surface area contributed by atoms with E-state index in [0.29, 0.717) is 0 Å². The van der Waals surface area contributed by atoms with Gasteiger partial charge < -0.3 is 37.2 Å². The maximum absolute atomic E-state index is 2.23. The summed E-state index contributed by atoms with van der Waals surface area (Å²) in [5, 5.41) is 0. The zero-order chi connectivity index (χ0) is 4.83. The Labute approximate surface area is 98.0 Å².